The zero-order valence-corrected chi connectivity index (χ0v) is 22.4. The standard InChI is InChI=1S/C29H28ClFN6O3/c30-21-3-1-20(23(31)14-21)15-33-29-32-9-5-24(35-29)18-6-10-36(11-7-18)17-27-34-25-4-2-19(28(38)39)13-26(25)37(27)16-22-8-12-40-22/h1-6,9,13-14,22H,7-8,10-12,15-17H2,(H,38,39)(H,32,33,35). The lowest BCUT2D eigenvalue weighted by molar-refractivity contribution is -0.0591. The number of halogens is 2. The van der Waals surface area contributed by atoms with E-state index in [1.165, 1.54) is 6.07 Å². The number of carbonyl (C=O) groups is 1. The maximum atomic E-state index is 14.1. The normalized spacial score (nSPS) is 17.4. The molecule has 1 unspecified atom stereocenters. The van der Waals surface area contributed by atoms with Crippen LogP contribution in [0.25, 0.3) is 16.6 Å². The molecule has 1 saturated heterocycles. The number of hydrogen-bond donors (Lipinski definition) is 2. The minimum atomic E-state index is -0.954. The second kappa shape index (κ2) is 11.3. The van der Waals surface area contributed by atoms with Crippen LogP contribution in [-0.2, 0) is 24.4 Å². The summed E-state index contributed by atoms with van der Waals surface area (Å²) in [6, 6.07) is 11.5. The highest BCUT2D eigenvalue weighted by molar-refractivity contribution is 6.30. The van der Waals surface area contributed by atoms with Gasteiger partial charge < -0.3 is 19.7 Å². The molecule has 1 fully saturated rings. The third-order valence-corrected chi connectivity index (χ3v) is 7.58. The van der Waals surface area contributed by atoms with Gasteiger partial charge in [-0.05, 0) is 54.8 Å². The second-order valence-electron chi connectivity index (χ2n) is 10.00. The summed E-state index contributed by atoms with van der Waals surface area (Å²) in [7, 11) is 0. The topological polar surface area (TPSA) is 105 Å². The number of benzene rings is 2. The molecule has 40 heavy (non-hydrogen) atoms. The van der Waals surface area contributed by atoms with E-state index in [9.17, 15) is 14.3 Å². The Bertz CT molecular complexity index is 1600. The minimum absolute atomic E-state index is 0.120. The van der Waals surface area contributed by atoms with Crippen molar-refractivity contribution in [2.24, 2.45) is 0 Å². The highest BCUT2D eigenvalue weighted by Crippen LogP contribution is 2.26. The van der Waals surface area contributed by atoms with Crippen molar-refractivity contribution in [3.05, 3.63) is 88.2 Å². The van der Waals surface area contributed by atoms with Gasteiger partial charge in [0.05, 0.1) is 41.5 Å². The lowest BCUT2D eigenvalue weighted by Crippen LogP contribution is -2.33. The van der Waals surface area contributed by atoms with Crippen molar-refractivity contribution < 1.29 is 19.0 Å². The molecule has 6 rings (SSSR count). The molecule has 9 nitrogen and oxygen atoms in total. The van der Waals surface area contributed by atoms with E-state index in [-0.39, 0.29) is 24.0 Å². The summed E-state index contributed by atoms with van der Waals surface area (Å²) < 4.78 is 21.9. The van der Waals surface area contributed by atoms with Gasteiger partial charge in [0.2, 0.25) is 5.95 Å². The zero-order valence-electron chi connectivity index (χ0n) is 21.7. The van der Waals surface area contributed by atoms with Crippen molar-refractivity contribution in [3.8, 4) is 0 Å². The molecule has 0 radical (unpaired) electrons. The molecule has 206 valence electrons. The lowest BCUT2D eigenvalue weighted by Gasteiger charge is -2.29. The zero-order chi connectivity index (χ0) is 27.6. The van der Waals surface area contributed by atoms with Crippen molar-refractivity contribution in [2.75, 3.05) is 25.0 Å². The first-order chi connectivity index (χ1) is 19.4. The van der Waals surface area contributed by atoms with E-state index in [0.29, 0.717) is 29.6 Å². The van der Waals surface area contributed by atoms with E-state index in [2.05, 4.69) is 30.8 Å². The van der Waals surface area contributed by atoms with Crippen LogP contribution >= 0.6 is 11.6 Å². The van der Waals surface area contributed by atoms with Crippen LogP contribution in [0, 0.1) is 5.82 Å². The van der Waals surface area contributed by atoms with Crippen LogP contribution in [0.1, 0.15) is 40.3 Å². The summed E-state index contributed by atoms with van der Waals surface area (Å²) in [6.45, 7) is 3.84. The number of imidazole rings is 1. The van der Waals surface area contributed by atoms with Crippen LogP contribution < -0.4 is 5.32 Å². The van der Waals surface area contributed by atoms with Gasteiger partial charge in [0, 0.05) is 43.0 Å². The maximum Gasteiger partial charge on any atom is 0.335 e. The van der Waals surface area contributed by atoms with Gasteiger partial charge in [0.25, 0.3) is 0 Å². The quantitative estimate of drug-likeness (QED) is 0.293. The Morgan fingerprint density at radius 1 is 1.20 bits per heavy atom. The Morgan fingerprint density at radius 3 is 2.80 bits per heavy atom. The van der Waals surface area contributed by atoms with E-state index in [0.717, 1.165) is 60.7 Å². The van der Waals surface area contributed by atoms with Gasteiger partial charge in [-0.1, -0.05) is 23.7 Å². The molecular formula is C29H28ClFN6O3. The lowest BCUT2D eigenvalue weighted by atomic mass is 10.0. The van der Waals surface area contributed by atoms with Gasteiger partial charge in [-0.25, -0.2) is 24.1 Å². The van der Waals surface area contributed by atoms with Gasteiger partial charge in [-0.3, -0.25) is 4.90 Å². The average Bonchev–Trinajstić information content (AvgIpc) is 3.26. The number of anilines is 1. The number of carboxylic acid groups (broad SMARTS) is 1. The van der Waals surface area contributed by atoms with Crippen LogP contribution in [-0.4, -0.2) is 61.3 Å². The van der Waals surface area contributed by atoms with Gasteiger partial charge in [0.15, 0.2) is 0 Å². The van der Waals surface area contributed by atoms with Crippen molar-refractivity contribution in [2.45, 2.75) is 38.6 Å². The SMILES string of the molecule is O=C(O)c1ccc2nc(CN3CC=C(c4ccnc(NCc5ccc(Cl)cc5F)n4)CC3)n(CC3CCO3)c2c1. The second-order valence-corrected chi connectivity index (χ2v) is 10.4. The largest absolute Gasteiger partial charge is 0.478 e. The first kappa shape index (κ1) is 26.4. The fraction of sp³-hybridized carbons (Fsp3) is 0.310. The van der Waals surface area contributed by atoms with Gasteiger partial charge >= 0.3 is 5.97 Å². The van der Waals surface area contributed by atoms with Crippen LogP contribution in [0.15, 0.2) is 54.7 Å². The highest BCUT2D eigenvalue weighted by atomic mass is 35.5. The van der Waals surface area contributed by atoms with Crippen molar-refractivity contribution in [1.82, 2.24) is 24.4 Å². The predicted molar refractivity (Wildman–Crippen MR) is 150 cm³/mol. The van der Waals surface area contributed by atoms with Crippen molar-refractivity contribution in [3.63, 3.8) is 0 Å². The van der Waals surface area contributed by atoms with E-state index in [1.54, 1.807) is 36.5 Å². The molecule has 0 spiro atoms. The minimum Gasteiger partial charge on any atom is -0.478 e. The van der Waals surface area contributed by atoms with E-state index in [4.69, 9.17) is 21.3 Å². The molecule has 2 aliphatic rings. The fourth-order valence-corrected chi connectivity index (χ4v) is 5.17. The van der Waals surface area contributed by atoms with E-state index in [1.807, 2.05) is 6.07 Å². The summed E-state index contributed by atoms with van der Waals surface area (Å²) in [4.78, 5) is 27.7. The molecule has 0 saturated carbocycles. The Labute approximate surface area is 235 Å². The number of rotatable bonds is 9. The first-order valence-electron chi connectivity index (χ1n) is 13.2. The molecule has 2 aliphatic heterocycles. The molecular weight excluding hydrogens is 535 g/mol. The molecule has 2 aromatic carbocycles. The number of fused-ring (bicyclic) bond motifs is 1. The first-order valence-corrected chi connectivity index (χ1v) is 13.6. The maximum absolute atomic E-state index is 14.1. The molecule has 4 heterocycles. The summed E-state index contributed by atoms with van der Waals surface area (Å²) in [5, 5.41) is 12.9. The summed E-state index contributed by atoms with van der Waals surface area (Å²) in [5.41, 5.74) is 4.30. The number of nitrogens with one attached hydrogen (secondary N) is 1. The molecule has 0 aliphatic carbocycles. The van der Waals surface area contributed by atoms with Crippen LogP contribution in [0.5, 0.6) is 0 Å². The summed E-state index contributed by atoms with van der Waals surface area (Å²) in [6.07, 6.45) is 5.77. The van der Waals surface area contributed by atoms with Crippen molar-refractivity contribution >= 4 is 40.1 Å². The Kier molecular flexibility index (Phi) is 7.46. The number of aromatic nitrogens is 4. The molecule has 2 aromatic heterocycles. The molecule has 2 N–H and O–H groups in total. The molecule has 0 amide bonds. The van der Waals surface area contributed by atoms with E-state index < -0.39 is 5.97 Å². The van der Waals surface area contributed by atoms with Gasteiger partial charge in [-0.15, -0.1) is 0 Å². The summed E-state index contributed by atoms with van der Waals surface area (Å²) in [5.74, 6) is 0.00278. The third kappa shape index (κ3) is 5.70. The third-order valence-electron chi connectivity index (χ3n) is 7.35. The molecule has 11 heteroatoms. The smallest absolute Gasteiger partial charge is 0.335 e. The number of ether oxygens (including phenoxy) is 1. The van der Waals surface area contributed by atoms with Crippen molar-refractivity contribution in [1.29, 1.82) is 0 Å². The number of hydrogen-bond acceptors (Lipinski definition) is 7. The Hall–Kier alpha value is -3.86. The van der Waals surface area contributed by atoms with Crippen LogP contribution in [0.4, 0.5) is 10.3 Å². The monoisotopic (exact) mass is 562 g/mol. The molecule has 0 bridgehead atoms. The molecule has 1 atom stereocenters. The van der Waals surface area contributed by atoms with Crippen LogP contribution in [0.3, 0.4) is 0 Å². The summed E-state index contributed by atoms with van der Waals surface area (Å²) >= 11 is 5.84. The number of carboxylic acids is 1. The average molecular weight is 563 g/mol. The van der Waals surface area contributed by atoms with Crippen LogP contribution in [0.2, 0.25) is 5.02 Å². The fourth-order valence-electron chi connectivity index (χ4n) is 5.01. The number of nitrogens with zero attached hydrogens (tertiary/aromatic N) is 5. The van der Waals surface area contributed by atoms with Gasteiger partial charge in [0.1, 0.15) is 11.6 Å². The predicted octanol–water partition coefficient (Wildman–Crippen LogP) is 5.01. The number of aromatic carboxylic acids is 1. The van der Waals surface area contributed by atoms with E-state index >= 15 is 0 Å². The highest BCUT2D eigenvalue weighted by Gasteiger charge is 2.24. The Balaban J connectivity index is 1.15. The molecule has 4 aromatic rings. The Morgan fingerprint density at radius 2 is 2.08 bits per heavy atom. The van der Waals surface area contributed by atoms with Gasteiger partial charge in [-0.2, -0.15) is 0 Å².